The van der Waals surface area contributed by atoms with E-state index in [9.17, 15) is 40.7 Å². The first-order valence-electron chi connectivity index (χ1n) is 10.6. The summed E-state index contributed by atoms with van der Waals surface area (Å²) in [7, 11) is 0. The molecule has 7 nitrogen and oxygen atoms in total. The third-order valence-corrected chi connectivity index (χ3v) is 6.27. The molecule has 15 heteroatoms. The minimum atomic E-state index is -5.46. The van der Waals surface area contributed by atoms with Crippen molar-refractivity contribution < 1.29 is 45.5 Å². The lowest BCUT2D eigenvalue weighted by molar-refractivity contribution is -0.169. The highest BCUT2D eigenvalue weighted by molar-refractivity contribution is 9.10. The standard InChI is InChI=1S/C23H17BrClF6N3O4/c1-3-38-19(36)21(2)11-33(32-17(21)12-4-9-15(16(25)10-12)22(26,27)28)20(37)34(18(35)23(29,30)31)14-7-5-13(24)6-8-14/h4-10H,3,11H2,1-2H3. The van der Waals surface area contributed by atoms with E-state index < -0.39 is 58.5 Å². The monoisotopic (exact) mass is 627 g/mol. The number of hydrogen-bond donors (Lipinski definition) is 0. The minimum absolute atomic E-state index is 0.119. The van der Waals surface area contributed by atoms with Gasteiger partial charge < -0.3 is 4.74 Å². The lowest BCUT2D eigenvalue weighted by Gasteiger charge is -2.27. The first kappa shape index (κ1) is 29.4. The predicted molar refractivity (Wildman–Crippen MR) is 128 cm³/mol. The number of rotatable bonds is 4. The Labute approximate surface area is 225 Å². The van der Waals surface area contributed by atoms with Crippen molar-refractivity contribution in [3.05, 3.63) is 63.1 Å². The van der Waals surface area contributed by atoms with Gasteiger partial charge in [-0.1, -0.05) is 33.6 Å². The zero-order chi connectivity index (χ0) is 28.6. The molecule has 1 aliphatic rings. The van der Waals surface area contributed by atoms with Crippen LogP contribution >= 0.6 is 27.5 Å². The van der Waals surface area contributed by atoms with Crippen LogP contribution in [0.4, 0.5) is 36.8 Å². The van der Waals surface area contributed by atoms with Crippen molar-refractivity contribution in [3.63, 3.8) is 0 Å². The van der Waals surface area contributed by atoms with Gasteiger partial charge >= 0.3 is 30.3 Å². The lowest BCUT2D eigenvalue weighted by atomic mass is 9.82. The third-order valence-electron chi connectivity index (χ3n) is 5.43. The van der Waals surface area contributed by atoms with Crippen LogP contribution in [0, 0.1) is 5.41 Å². The van der Waals surface area contributed by atoms with Crippen LogP contribution in [0.1, 0.15) is 25.0 Å². The smallest absolute Gasteiger partial charge is 0.465 e. The molecule has 3 rings (SSSR count). The van der Waals surface area contributed by atoms with Crippen molar-refractivity contribution in [2.45, 2.75) is 26.2 Å². The fourth-order valence-corrected chi connectivity index (χ4v) is 4.17. The quantitative estimate of drug-likeness (QED) is 0.289. The number of carbonyl (C=O) groups is 3. The summed E-state index contributed by atoms with van der Waals surface area (Å²) in [5.41, 5.74) is -3.87. The highest BCUT2D eigenvalue weighted by atomic mass is 79.9. The number of alkyl halides is 6. The van der Waals surface area contributed by atoms with Gasteiger partial charge in [-0.15, -0.1) is 0 Å². The largest absolute Gasteiger partial charge is 0.472 e. The van der Waals surface area contributed by atoms with Gasteiger partial charge in [-0.2, -0.15) is 31.4 Å². The molecule has 0 saturated carbocycles. The molecule has 0 saturated heterocycles. The number of imide groups is 1. The molecule has 0 aromatic heterocycles. The zero-order valence-electron chi connectivity index (χ0n) is 19.5. The Morgan fingerprint density at radius 1 is 1.11 bits per heavy atom. The number of nitrogens with zero attached hydrogens (tertiary/aromatic N) is 3. The van der Waals surface area contributed by atoms with E-state index >= 15 is 0 Å². The molecule has 0 aliphatic carbocycles. The average molecular weight is 629 g/mol. The van der Waals surface area contributed by atoms with Crippen molar-refractivity contribution in [3.8, 4) is 0 Å². The van der Waals surface area contributed by atoms with Crippen molar-refractivity contribution in [2.24, 2.45) is 10.5 Å². The fourth-order valence-electron chi connectivity index (χ4n) is 3.62. The van der Waals surface area contributed by atoms with E-state index in [2.05, 4.69) is 21.0 Å². The Balaban J connectivity index is 2.13. The molecule has 0 fully saturated rings. The number of carbonyl (C=O) groups excluding carboxylic acids is 3. The Hall–Kier alpha value is -3.13. The van der Waals surface area contributed by atoms with Gasteiger partial charge in [0, 0.05) is 10.0 Å². The van der Waals surface area contributed by atoms with Gasteiger partial charge in [0.1, 0.15) is 5.41 Å². The van der Waals surface area contributed by atoms with Gasteiger partial charge in [-0.05, 0) is 50.2 Å². The summed E-state index contributed by atoms with van der Waals surface area (Å²) in [6.45, 7) is 1.91. The maximum atomic E-state index is 13.4. The maximum absolute atomic E-state index is 13.4. The molecular weight excluding hydrogens is 612 g/mol. The summed E-state index contributed by atoms with van der Waals surface area (Å²) in [6, 6.07) is 5.64. The van der Waals surface area contributed by atoms with Crippen LogP contribution in [0.5, 0.6) is 0 Å². The highest BCUT2D eigenvalue weighted by Crippen LogP contribution is 2.39. The zero-order valence-corrected chi connectivity index (χ0v) is 21.8. The first-order chi connectivity index (χ1) is 17.5. The van der Waals surface area contributed by atoms with Crippen molar-refractivity contribution in [1.82, 2.24) is 5.01 Å². The van der Waals surface area contributed by atoms with Crippen LogP contribution in [0.3, 0.4) is 0 Å². The van der Waals surface area contributed by atoms with Crippen molar-refractivity contribution >= 4 is 56.8 Å². The van der Waals surface area contributed by atoms with Crippen LogP contribution in [-0.4, -0.2) is 48.0 Å². The molecule has 1 aliphatic heterocycles. The summed E-state index contributed by atoms with van der Waals surface area (Å²) in [5, 5.41) is 3.67. The highest BCUT2D eigenvalue weighted by Gasteiger charge is 2.52. The Bertz CT molecular complexity index is 1300. The van der Waals surface area contributed by atoms with Crippen molar-refractivity contribution in [1.29, 1.82) is 0 Å². The van der Waals surface area contributed by atoms with E-state index in [-0.39, 0.29) is 22.8 Å². The molecule has 2 aromatic carbocycles. The summed E-state index contributed by atoms with van der Waals surface area (Å²) in [4.78, 5) is 38.3. The van der Waals surface area contributed by atoms with Gasteiger partial charge in [-0.3, -0.25) is 9.59 Å². The molecule has 0 bridgehead atoms. The van der Waals surface area contributed by atoms with E-state index in [1.165, 1.54) is 26.0 Å². The first-order valence-corrected chi connectivity index (χ1v) is 11.8. The molecular formula is C23H17BrClF6N3O4. The number of halogens is 8. The van der Waals surface area contributed by atoms with Crippen LogP contribution in [0.15, 0.2) is 52.0 Å². The molecule has 0 radical (unpaired) electrons. The Morgan fingerprint density at radius 2 is 1.71 bits per heavy atom. The van der Waals surface area contributed by atoms with Gasteiger partial charge in [0.25, 0.3) is 0 Å². The van der Waals surface area contributed by atoms with Gasteiger partial charge in [0.05, 0.1) is 35.1 Å². The number of urea groups is 1. The van der Waals surface area contributed by atoms with E-state index in [1.54, 1.807) is 0 Å². The normalized spacial score (nSPS) is 17.7. The molecule has 0 N–H and O–H groups in total. The van der Waals surface area contributed by atoms with Gasteiger partial charge in [0.2, 0.25) is 0 Å². The predicted octanol–water partition coefficient (Wildman–Crippen LogP) is 6.43. The second-order valence-electron chi connectivity index (χ2n) is 8.15. The van der Waals surface area contributed by atoms with Gasteiger partial charge in [0.15, 0.2) is 0 Å². The second-order valence-corrected chi connectivity index (χ2v) is 9.47. The minimum Gasteiger partial charge on any atom is -0.465 e. The van der Waals surface area contributed by atoms with Gasteiger partial charge in [-0.25, -0.2) is 14.7 Å². The van der Waals surface area contributed by atoms with Crippen LogP contribution < -0.4 is 4.90 Å². The molecule has 1 atom stereocenters. The molecule has 1 unspecified atom stereocenters. The molecule has 1 heterocycles. The van der Waals surface area contributed by atoms with E-state index in [4.69, 9.17) is 16.3 Å². The second kappa shape index (κ2) is 10.6. The number of hydrazone groups is 1. The van der Waals surface area contributed by atoms with Crippen LogP contribution in [0.2, 0.25) is 5.02 Å². The number of anilines is 1. The summed E-state index contributed by atoms with van der Waals surface area (Å²) >= 11 is 8.91. The maximum Gasteiger partial charge on any atom is 0.472 e. The van der Waals surface area contributed by atoms with Crippen molar-refractivity contribution in [2.75, 3.05) is 18.1 Å². The summed E-state index contributed by atoms with van der Waals surface area (Å²) in [5.74, 6) is -3.48. The van der Waals surface area contributed by atoms with E-state index in [1.807, 2.05) is 0 Å². The number of hydrogen-bond acceptors (Lipinski definition) is 5. The molecule has 204 valence electrons. The topological polar surface area (TPSA) is 79.3 Å². The van der Waals surface area contributed by atoms with Crippen LogP contribution in [-0.2, 0) is 20.5 Å². The fraction of sp³-hybridized carbons (Fsp3) is 0.304. The summed E-state index contributed by atoms with van der Waals surface area (Å²) in [6.07, 6.45) is -10.2. The molecule has 3 amide bonds. The molecule has 0 spiro atoms. The lowest BCUT2D eigenvalue weighted by Crippen LogP contribution is -2.51. The average Bonchev–Trinajstić information content (AvgIpc) is 3.18. The number of benzene rings is 2. The van der Waals surface area contributed by atoms with E-state index in [0.29, 0.717) is 15.5 Å². The number of ether oxygens (including phenoxy) is 1. The Morgan fingerprint density at radius 3 is 2.21 bits per heavy atom. The molecule has 38 heavy (non-hydrogen) atoms. The van der Waals surface area contributed by atoms with Crippen LogP contribution in [0.25, 0.3) is 0 Å². The third kappa shape index (κ3) is 5.80. The SMILES string of the molecule is CCOC(=O)C1(C)CN(C(=O)N(C(=O)C(F)(F)F)c2ccc(Br)cc2)N=C1c1ccc(C(F)(F)F)c(Cl)c1. The summed E-state index contributed by atoms with van der Waals surface area (Å²) < 4.78 is 85.3. The molecule has 2 aromatic rings. The number of amides is 3. The van der Waals surface area contributed by atoms with E-state index in [0.717, 1.165) is 24.3 Å². The number of esters is 1. The Kier molecular flexibility index (Phi) is 8.18.